The molecule has 0 N–H and O–H groups in total. The Labute approximate surface area is 103 Å². The number of hydrogen-bond donors (Lipinski definition) is 0. The second kappa shape index (κ2) is 4.81. The lowest BCUT2D eigenvalue weighted by Crippen LogP contribution is -2.00. The van der Waals surface area contributed by atoms with Crippen LogP contribution in [0.15, 0.2) is 35.0 Å². The highest BCUT2D eigenvalue weighted by Gasteiger charge is 2.11. The van der Waals surface area contributed by atoms with Crippen LogP contribution in [0, 0.1) is 6.57 Å². The van der Waals surface area contributed by atoms with Crippen molar-refractivity contribution in [1.29, 1.82) is 0 Å². The molecule has 0 bridgehead atoms. The van der Waals surface area contributed by atoms with Gasteiger partial charge in [0.15, 0.2) is 5.69 Å². The molecule has 0 saturated carbocycles. The molecule has 2 aromatic rings. The molecule has 4 heteroatoms. The monoisotopic (exact) mass is 243 g/mol. The van der Waals surface area contributed by atoms with Crippen LogP contribution in [0.25, 0.3) is 16.0 Å². The maximum atomic E-state index is 11.4. The number of hydrogen-bond acceptors (Lipinski definition) is 3. The largest absolute Gasteiger partial charge is 0.465 e. The zero-order chi connectivity index (χ0) is 12.3. The summed E-state index contributed by atoms with van der Waals surface area (Å²) in [5.74, 6) is -0.391. The number of rotatable bonds is 2. The van der Waals surface area contributed by atoms with Crippen LogP contribution >= 0.6 is 11.3 Å². The van der Waals surface area contributed by atoms with Gasteiger partial charge in [-0.05, 0) is 28.0 Å². The summed E-state index contributed by atoms with van der Waals surface area (Å²) in [6.45, 7) is 7.12. The summed E-state index contributed by atoms with van der Waals surface area (Å²) in [4.78, 5) is 14.9. The fourth-order valence-corrected chi connectivity index (χ4v) is 2.18. The highest BCUT2D eigenvalue weighted by Crippen LogP contribution is 2.32. The Morgan fingerprint density at radius 1 is 1.41 bits per heavy atom. The van der Waals surface area contributed by atoms with Gasteiger partial charge in [0.05, 0.1) is 19.2 Å². The fourth-order valence-electron chi connectivity index (χ4n) is 1.53. The van der Waals surface area contributed by atoms with Crippen LogP contribution in [-0.4, -0.2) is 13.1 Å². The van der Waals surface area contributed by atoms with E-state index in [2.05, 4.69) is 9.58 Å². The van der Waals surface area contributed by atoms with E-state index in [1.165, 1.54) is 7.11 Å². The molecule has 0 fully saturated rings. The molecule has 0 amide bonds. The SMILES string of the molecule is [C-]#[N+]c1ccc(C(=O)OC)cc1-c1ccsc1. The van der Waals surface area contributed by atoms with Gasteiger partial charge in [-0.25, -0.2) is 9.64 Å². The van der Waals surface area contributed by atoms with Crippen molar-refractivity contribution >= 4 is 23.0 Å². The first-order valence-electron chi connectivity index (χ1n) is 4.88. The Kier molecular flexibility index (Phi) is 3.22. The Morgan fingerprint density at radius 2 is 2.24 bits per heavy atom. The quantitative estimate of drug-likeness (QED) is 0.594. The van der Waals surface area contributed by atoms with Crippen molar-refractivity contribution in [2.75, 3.05) is 7.11 Å². The third-order valence-corrected chi connectivity index (χ3v) is 3.05. The van der Waals surface area contributed by atoms with Gasteiger partial charge in [-0.15, -0.1) is 0 Å². The number of ether oxygens (including phenoxy) is 1. The number of carbonyl (C=O) groups is 1. The molecule has 1 heterocycles. The van der Waals surface area contributed by atoms with Crippen molar-refractivity contribution in [2.45, 2.75) is 0 Å². The average Bonchev–Trinajstić information content (AvgIpc) is 2.90. The standard InChI is InChI=1S/C13H9NO2S/c1-14-12-4-3-9(13(15)16-2)7-11(12)10-5-6-17-8-10/h3-8H,2H3. The highest BCUT2D eigenvalue weighted by molar-refractivity contribution is 7.08. The molecule has 0 aliphatic rings. The van der Waals surface area contributed by atoms with Gasteiger partial charge in [0.2, 0.25) is 0 Å². The van der Waals surface area contributed by atoms with Crippen molar-refractivity contribution in [1.82, 2.24) is 0 Å². The summed E-state index contributed by atoms with van der Waals surface area (Å²) in [6.07, 6.45) is 0. The number of thiophene rings is 1. The lowest BCUT2D eigenvalue weighted by atomic mass is 10.0. The van der Waals surface area contributed by atoms with E-state index >= 15 is 0 Å². The maximum Gasteiger partial charge on any atom is 0.337 e. The normalized spacial score (nSPS) is 9.65. The molecular formula is C13H9NO2S. The van der Waals surface area contributed by atoms with E-state index in [1.807, 2.05) is 16.8 Å². The van der Waals surface area contributed by atoms with Gasteiger partial charge in [0.1, 0.15) is 0 Å². The molecule has 84 valence electrons. The number of benzene rings is 1. The molecule has 0 atom stereocenters. The first kappa shape index (κ1) is 11.4. The summed E-state index contributed by atoms with van der Waals surface area (Å²) in [5, 5.41) is 3.89. The number of carbonyl (C=O) groups excluding carboxylic acids is 1. The van der Waals surface area contributed by atoms with Crippen LogP contribution in [0.5, 0.6) is 0 Å². The lowest BCUT2D eigenvalue weighted by molar-refractivity contribution is 0.0601. The molecule has 1 aromatic heterocycles. The van der Waals surface area contributed by atoms with E-state index in [1.54, 1.807) is 29.5 Å². The predicted molar refractivity (Wildman–Crippen MR) is 67.4 cm³/mol. The Balaban J connectivity index is 2.56. The molecule has 0 radical (unpaired) electrons. The minimum Gasteiger partial charge on any atom is -0.465 e. The molecule has 0 unspecified atom stereocenters. The van der Waals surface area contributed by atoms with Crippen LogP contribution in [0.4, 0.5) is 5.69 Å². The molecule has 0 spiro atoms. The van der Waals surface area contributed by atoms with Crippen LogP contribution in [0.3, 0.4) is 0 Å². The second-order valence-electron chi connectivity index (χ2n) is 3.35. The highest BCUT2D eigenvalue weighted by atomic mass is 32.1. The molecular weight excluding hydrogens is 234 g/mol. The van der Waals surface area contributed by atoms with Crippen LogP contribution < -0.4 is 0 Å². The predicted octanol–water partition coefficient (Wildman–Crippen LogP) is 3.75. The van der Waals surface area contributed by atoms with E-state index in [4.69, 9.17) is 6.57 Å². The molecule has 1 aromatic carbocycles. The van der Waals surface area contributed by atoms with Crippen LogP contribution in [-0.2, 0) is 4.74 Å². The Morgan fingerprint density at radius 3 is 2.82 bits per heavy atom. The van der Waals surface area contributed by atoms with E-state index in [0.29, 0.717) is 11.3 Å². The summed E-state index contributed by atoms with van der Waals surface area (Å²) in [7, 11) is 1.34. The second-order valence-corrected chi connectivity index (χ2v) is 4.13. The molecule has 3 nitrogen and oxygen atoms in total. The summed E-state index contributed by atoms with van der Waals surface area (Å²) >= 11 is 1.55. The van der Waals surface area contributed by atoms with Gasteiger partial charge < -0.3 is 4.74 Å². The van der Waals surface area contributed by atoms with Gasteiger partial charge >= 0.3 is 5.97 Å². The minimum absolute atomic E-state index is 0.391. The minimum atomic E-state index is -0.391. The lowest BCUT2D eigenvalue weighted by Gasteiger charge is -2.05. The number of nitrogens with zero attached hydrogens (tertiary/aromatic N) is 1. The zero-order valence-corrected chi connectivity index (χ0v) is 9.95. The van der Waals surface area contributed by atoms with Crippen molar-refractivity contribution < 1.29 is 9.53 Å². The van der Waals surface area contributed by atoms with Crippen molar-refractivity contribution in [3.8, 4) is 11.1 Å². The van der Waals surface area contributed by atoms with Crippen molar-refractivity contribution in [3.63, 3.8) is 0 Å². The summed E-state index contributed by atoms with van der Waals surface area (Å²) in [6, 6.07) is 6.87. The zero-order valence-electron chi connectivity index (χ0n) is 9.14. The molecule has 17 heavy (non-hydrogen) atoms. The Hall–Kier alpha value is -2.12. The molecule has 2 rings (SSSR count). The van der Waals surface area contributed by atoms with Crippen LogP contribution in [0.2, 0.25) is 0 Å². The fraction of sp³-hybridized carbons (Fsp3) is 0.0769. The van der Waals surface area contributed by atoms with Gasteiger partial charge in [0, 0.05) is 0 Å². The topological polar surface area (TPSA) is 30.7 Å². The third kappa shape index (κ3) is 2.19. The van der Waals surface area contributed by atoms with Gasteiger partial charge in [-0.3, -0.25) is 0 Å². The summed E-state index contributed by atoms with van der Waals surface area (Å²) in [5.41, 5.74) is 2.72. The van der Waals surface area contributed by atoms with Gasteiger partial charge in [-0.2, -0.15) is 11.3 Å². The van der Waals surface area contributed by atoms with Crippen molar-refractivity contribution in [3.05, 3.63) is 52.0 Å². The maximum absolute atomic E-state index is 11.4. The first-order valence-corrected chi connectivity index (χ1v) is 5.83. The molecule has 0 saturated heterocycles. The van der Waals surface area contributed by atoms with Gasteiger partial charge in [-0.1, -0.05) is 18.2 Å². The third-order valence-electron chi connectivity index (χ3n) is 2.37. The Bertz CT molecular complexity index is 582. The van der Waals surface area contributed by atoms with E-state index in [9.17, 15) is 4.79 Å². The van der Waals surface area contributed by atoms with E-state index < -0.39 is 5.97 Å². The van der Waals surface area contributed by atoms with E-state index in [-0.39, 0.29) is 0 Å². The van der Waals surface area contributed by atoms with Gasteiger partial charge in [0.25, 0.3) is 0 Å². The number of esters is 1. The first-order chi connectivity index (χ1) is 8.26. The average molecular weight is 243 g/mol. The molecule has 0 aliphatic carbocycles. The smallest absolute Gasteiger partial charge is 0.337 e. The van der Waals surface area contributed by atoms with E-state index in [0.717, 1.165) is 11.1 Å². The van der Waals surface area contributed by atoms with Crippen molar-refractivity contribution in [2.24, 2.45) is 0 Å². The summed E-state index contributed by atoms with van der Waals surface area (Å²) < 4.78 is 4.67. The molecule has 0 aliphatic heterocycles. The number of methoxy groups -OCH3 is 1. The van der Waals surface area contributed by atoms with Crippen LogP contribution in [0.1, 0.15) is 10.4 Å².